The van der Waals surface area contributed by atoms with Crippen molar-refractivity contribution in [2.75, 3.05) is 51.2 Å². The predicted molar refractivity (Wildman–Crippen MR) is 72.9 cm³/mol. The summed E-state index contributed by atoms with van der Waals surface area (Å²) in [4.78, 5) is 4.69. The predicted octanol–water partition coefficient (Wildman–Crippen LogP) is 0.0798. The van der Waals surface area contributed by atoms with Gasteiger partial charge in [-0.1, -0.05) is 11.3 Å². The van der Waals surface area contributed by atoms with Crippen molar-refractivity contribution in [3.8, 4) is 0 Å². The second-order valence-corrected chi connectivity index (χ2v) is 5.43. The number of hydrogen-bond acceptors (Lipinski definition) is 7. The van der Waals surface area contributed by atoms with E-state index in [2.05, 4.69) is 32.2 Å². The average molecular weight is 271 g/mol. The maximum absolute atomic E-state index is 8.89. The fourth-order valence-corrected chi connectivity index (χ4v) is 2.89. The van der Waals surface area contributed by atoms with Gasteiger partial charge in [0.25, 0.3) is 0 Å². The highest BCUT2D eigenvalue weighted by Gasteiger charge is 2.17. The van der Waals surface area contributed by atoms with Crippen LogP contribution in [0.5, 0.6) is 0 Å². The number of nitrogens with one attached hydrogen (secondary N) is 1. The van der Waals surface area contributed by atoms with Crippen LogP contribution in [0.2, 0.25) is 0 Å². The first kappa shape index (κ1) is 13.7. The molecule has 1 aliphatic heterocycles. The molecular formula is C11H21N5OS. The van der Waals surface area contributed by atoms with Gasteiger partial charge in [0.05, 0.1) is 13.2 Å². The maximum atomic E-state index is 8.89. The van der Waals surface area contributed by atoms with Gasteiger partial charge in [-0.2, -0.15) is 0 Å². The highest BCUT2D eigenvalue weighted by Crippen LogP contribution is 2.17. The van der Waals surface area contributed by atoms with Gasteiger partial charge in [0.2, 0.25) is 5.13 Å². The van der Waals surface area contributed by atoms with E-state index in [9.17, 15) is 0 Å². The summed E-state index contributed by atoms with van der Waals surface area (Å²) >= 11 is 1.63. The zero-order chi connectivity index (χ0) is 12.8. The topological polar surface area (TPSA) is 64.5 Å². The molecule has 1 fully saturated rings. The van der Waals surface area contributed by atoms with Crippen molar-refractivity contribution in [2.24, 2.45) is 0 Å². The lowest BCUT2D eigenvalue weighted by Gasteiger charge is -2.33. The zero-order valence-corrected chi connectivity index (χ0v) is 11.6. The van der Waals surface area contributed by atoms with Crippen LogP contribution in [0, 0.1) is 0 Å². The molecule has 0 saturated carbocycles. The molecule has 1 aromatic heterocycles. The molecule has 0 spiro atoms. The smallest absolute Gasteiger partial charge is 0.205 e. The number of nitrogens with zero attached hydrogens (tertiary/aromatic N) is 4. The second kappa shape index (κ2) is 6.98. The Kier molecular flexibility index (Phi) is 5.30. The number of rotatable bonds is 6. The van der Waals surface area contributed by atoms with E-state index in [0.717, 1.165) is 56.0 Å². The van der Waals surface area contributed by atoms with Crippen LogP contribution in [0.15, 0.2) is 0 Å². The van der Waals surface area contributed by atoms with Crippen LogP contribution in [-0.4, -0.2) is 71.0 Å². The van der Waals surface area contributed by atoms with Crippen molar-refractivity contribution in [1.82, 2.24) is 20.0 Å². The van der Waals surface area contributed by atoms with E-state index < -0.39 is 0 Å². The number of aliphatic hydroxyl groups excluding tert-OH is 1. The highest BCUT2D eigenvalue weighted by atomic mass is 32.1. The average Bonchev–Trinajstić information content (AvgIpc) is 2.80. The van der Waals surface area contributed by atoms with E-state index in [-0.39, 0.29) is 6.61 Å². The summed E-state index contributed by atoms with van der Waals surface area (Å²) < 4.78 is 0. The number of β-amino-alcohol motifs (C(OH)–C–C–N with tert-alkyl or cyclic N) is 1. The summed E-state index contributed by atoms with van der Waals surface area (Å²) in [6.45, 7) is 9.00. The van der Waals surface area contributed by atoms with E-state index in [0.29, 0.717) is 0 Å². The number of aromatic nitrogens is 2. The fourth-order valence-electron chi connectivity index (χ4n) is 2.04. The number of aliphatic hydroxyl groups is 1. The minimum absolute atomic E-state index is 0.252. The van der Waals surface area contributed by atoms with Gasteiger partial charge in [-0.05, 0) is 6.92 Å². The Morgan fingerprint density at radius 3 is 2.61 bits per heavy atom. The standard InChI is InChI=1S/C11H21N5OS/c1-2-12-11-14-13-10(18-11)9-16-5-3-15(4-6-16)7-8-17/h17H,2-9H2,1H3,(H,12,14). The summed E-state index contributed by atoms with van der Waals surface area (Å²) in [6.07, 6.45) is 0. The van der Waals surface area contributed by atoms with Crippen molar-refractivity contribution in [3.63, 3.8) is 0 Å². The molecule has 0 aromatic carbocycles. The fraction of sp³-hybridized carbons (Fsp3) is 0.818. The minimum Gasteiger partial charge on any atom is -0.395 e. The number of hydrogen-bond donors (Lipinski definition) is 2. The molecule has 6 nitrogen and oxygen atoms in total. The monoisotopic (exact) mass is 271 g/mol. The number of piperazine rings is 1. The Morgan fingerprint density at radius 1 is 1.22 bits per heavy atom. The molecule has 0 atom stereocenters. The van der Waals surface area contributed by atoms with Gasteiger partial charge in [-0.15, -0.1) is 10.2 Å². The van der Waals surface area contributed by atoms with E-state index in [1.54, 1.807) is 11.3 Å². The van der Waals surface area contributed by atoms with E-state index in [1.165, 1.54) is 0 Å². The number of anilines is 1. The summed E-state index contributed by atoms with van der Waals surface area (Å²) in [6, 6.07) is 0. The third kappa shape index (κ3) is 3.88. The Morgan fingerprint density at radius 2 is 1.94 bits per heavy atom. The lowest BCUT2D eigenvalue weighted by Crippen LogP contribution is -2.46. The van der Waals surface area contributed by atoms with Crippen molar-refractivity contribution in [3.05, 3.63) is 5.01 Å². The van der Waals surface area contributed by atoms with Crippen LogP contribution < -0.4 is 5.32 Å². The summed E-state index contributed by atoms with van der Waals surface area (Å²) in [7, 11) is 0. The first-order valence-corrected chi connectivity index (χ1v) is 7.25. The Bertz CT molecular complexity index is 351. The van der Waals surface area contributed by atoms with Crippen molar-refractivity contribution < 1.29 is 5.11 Å². The lowest BCUT2D eigenvalue weighted by molar-refractivity contribution is 0.108. The Balaban J connectivity index is 1.76. The van der Waals surface area contributed by atoms with Crippen LogP contribution in [0.3, 0.4) is 0 Å². The first-order valence-electron chi connectivity index (χ1n) is 6.43. The third-order valence-electron chi connectivity index (χ3n) is 3.03. The van der Waals surface area contributed by atoms with Gasteiger partial charge >= 0.3 is 0 Å². The normalized spacial score (nSPS) is 18.1. The van der Waals surface area contributed by atoms with Gasteiger partial charge in [0.15, 0.2) is 0 Å². The van der Waals surface area contributed by atoms with Crippen LogP contribution in [-0.2, 0) is 6.54 Å². The molecule has 1 aliphatic rings. The van der Waals surface area contributed by atoms with Crippen LogP contribution in [0.1, 0.15) is 11.9 Å². The van der Waals surface area contributed by atoms with Crippen LogP contribution in [0.4, 0.5) is 5.13 Å². The molecule has 2 N–H and O–H groups in total. The molecular weight excluding hydrogens is 250 g/mol. The lowest BCUT2D eigenvalue weighted by atomic mass is 10.3. The summed E-state index contributed by atoms with van der Waals surface area (Å²) in [5.41, 5.74) is 0. The molecule has 1 saturated heterocycles. The molecule has 0 bridgehead atoms. The van der Waals surface area contributed by atoms with Crippen molar-refractivity contribution in [1.29, 1.82) is 0 Å². The molecule has 0 amide bonds. The largest absolute Gasteiger partial charge is 0.395 e. The zero-order valence-electron chi connectivity index (χ0n) is 10.8. The van der Waals surface area contributed by atoms with Crippen molar-refractivity contribution >= 4 is 16.5 Å². The molecule has 0 unspecified atom stereocenters. The molecule has 0 radical (unpaired) electrons. The third-order valence-corrected chi connectivity index (χ3v) is 3.90. The molecule has 102 valence electrons. The van der Waals surface area contributed by atoms with Gasteiger partial charge in [-0.3, -0.25) is 9.80 Å². The summed E-state index contributed by atoms with van der Waals surface area (Å²) in [5, 5.41) is 22.4. The van der Waals surface area contributed by atoms with Gasteiger partial charge in [0.1, 0.15) is 5.01 Å². The van der Waals surface area contributed by atoms with Crippen LogP contribution in [0.25, 0.3) is 0 Å². The minimum atomic E-state index is 0.252. The van der Waals surface area contributed by atoms with E-state index in [1.807, 2.05) is 0 Å². The van der Waals surface area contributed by atoms with Gasteiger partial charge in [0, 0.05) is 39.3 Å². The SMILES string of the molecule is CCNc1nnc(CN2CCN(CCO)CC2)s1. The van der Waals surface area contributed by atoms with E-state index >= 15 is 0 Å². The highest BCUT2D eigenvalue weighted by molar-refractivity contribution is 7.15. The van der Waals surface area contributed by atoms with Gasteiger partial charge in [-0.25, -0.2) is 0 Å². The molecule has 0 aliphatic carbocycles. The molecule has 1 aromatic rings. The first-order chi connectivity index (χ1) is 8.81. The molecule has 2 rings (SSSR count). The van der Waals surface area contributed by atoms with Crippen LogP contribution >= 0.6 is 11.3 Å². The maximum Gasteiger partial charge on any atom is 0.205 e. The van der Waals surface area contributed by atoms with Crippen molar-refractivity contribution in [2.45, 2.75) is 13.5 Å². The second-order valence-electron chi connectivity index (χ2n) is 4.37. The van der Waals surface area contributed by atoms with E-state index in [4.69, 9.17) is 5.11 Å². The molecule has 18 heavy (non-hydrogen) atoms. The Hall–Kier alpha value is -0.760. The molecule has 2 heterocycles. The Labute approximate surface area is 112 Å². The summed E-state index contributed by atoms with van der Waals surface area (Å²) in [5.74, 6) is 0. The quantitative estimate of drug-likeness (QED) is 0.764. The molecule has 7 heteroatoms. The van der Waals surface area contributed by atoms with Gasteiger partial charge < -0.3 is 10.4 Å².